The molecule has 0 aliphatic heterocycles. The topological polar surface area (TPSA) is 32.3 Å². The van der Waals surface area contributed by atoms with Gasteiger partial charge in [-0.2, -0.15) is 0 Å². The van der Waals surface area contributed by atoms with E-state index in [1.54, 1.807) is 6.08 Å². The Morgan fingerprint density at radius 2 is 2.00 bits per heavy atom. The van der Waals surface area contributed by atoms with Crippen LogP contribution in [0.5, 0.6) is 0 Å². The first-order valence-corrected chi connectivity index (χ1v) is 6.13. The minimum atomic E-state index is 0.235. The van der Waals surface area contributed by atoms with E-state index in [0.29, 0.717) is 5.76 Å². The Balaban J connectivity index is 1.80. The highest BCUT2D eigenvalue weighted by molar-refractivity contribution is 5.22. The van der Waals surface area contributed by atoms with Gasteiger partial charge in [-0.3, -0.25) is 0 Å². The maximum absolute atomic E-state index is 9.49. The van der Waals surface area contributed by atoms with Gasteiger partial charge in [0.15, 0.2) is 0 Å². The molecule has 1 atom stereocenters. The molecular weight excluding hydrogens is 210 g/mol. The van der Waals surface area contributed by atoms with Crippen LogP contribution in [0.1, 0.15) is 18.9 Å². The van der Waals surface area contributed by atoms with E-state index in [1.807, 2.05) is 19.1 Å². The second-order valence-corrected chi connectivity index (χ2v) is 4.55. The summed E-state index contributed by atoms with van der Waals surface area (Å²) in [6.07, 6.45) is 5.69. The van der Waals surface area contributed by atoms with E-state index in [4.69, 9.17) is 0 Å². The second kappa shape index (κ2) is 5.58. The van der Waals surface area contributed by atoms with Crippen molar-refractivity contribution >= 4 is 0 Å². The number of aliphatic hydroxyl groups is 1. The van der Waals surface area contributed by atoms with Crippen molar-refractivity contribution in [3.05, 3.63) is 59.5 Å². The lowest BCUT2D eigenvalue weighted by atomic mass is 9.98. The summed E-state index contributed by atoms with van der Waals surface area (Å²) in [4.78, 5) is 0. The molecule has 1 aliphatic rings. The fourth-order valence-electron chi connectivity index (χ4n) is 2.00. The zero-order valence-corrected chi connectivity index (χ0v) is 10.2. The number of rotatable bonds is 4. The predicted molar refractivity (Wildman–Crippen MR) is 70.7 cm³/mol. The van der Waals surface area contributed by atoms with E-state index in [2.05, 4.69) is 29.6 Å². The molecule has 0 heterocycles. The first kappa shape index (κ1) is 11.8. The first-order chi connectivity index (χ1) is 8.25. The summed E-state index contributed by atoms with van der Waals surface area (Å²) in [6.45, 7) is 2.98. The largest absolute Gasteiger partial charge is 0.512 e. The third-order valence-electron chi connectivity index (χ3n) is 3.09. The Labute approximate surface area is 103 Å². The molecule has 90 valence electrons. The maximum atomic E-state index is 9.49. The SMILES string of the molecule is CC1CC(NCCc2ccccc2)=CC=C1O. The Bertz CT molecular complexity index is 420. The Morgan fingerprint density at radius 3 is 2.71 bits per heavy atom. The van der Waals surface area contributed by atoms with Gasteiger partial charge in [0, 0.05) is 18.2 Å². The van der Waals surface area contributed by atoms with Crippen LogP contribution < -0.4 is 5.32 Å². The molecule has 2 rings (SSSR count). The molecule has 1 aromatic rings. The van der Waals surface area contributed by atoms with Crippen molar-refractivity contribution in [2.24, 2.45) is 5.92 Å². The van der Waals surface area contributed by atoms with Crippen molar-refractivity contribution in [1.29, 1.82) is 0 Å². The standard InChI is InChI=1S/C15H19NO/c1-12-11-14(7-8-15(12)17)16-10-9-13-5-3-2-4-6-13/h2-8,12,16-17H,9-11H2,1H3. The monoisotopic (exact) mass is 229 g/mol. The first-order valence-electron chi connectivity index (χ1n) is 6.13. The molecule has 2 nitrogen and oxygen atoms in total. The number of hydrogen-bond acceptors (Lipinski definition) is 2. The number of benzene rings is 1. The van der Waals surface area contributed by atoms with Crippen LogP contribution in [0, 0.1) is 5.92 Å². The number of aliphatic hydroxyl groups excluding tert-OH is 1. The smallest absolute Gasteiger partial charge is 0.0955 e. The summed E-state index contributed by atoms with van der Waals surface area (Å²) in [5.74, 6) is 0.720. The van der Waals surface area contributed by atoms with Gasteiger partial charge in [0.2, 0.25) is 0 Å². The third kappa shape index (κ3) is 3.38. The summed E-state index contributed by atoms with van der Waals surface area (Å²) in [5, 5.41) is 12.9. The number of allylic oxidation sites excluding steroid dienone is 4. The lowest BCUT2D eigenvalue weighted by molar-refractivity contribution is 0.333. The van der Waals surface area contributed by atoms with Crippen LogP contribution in [0.4, 0.5) is 0 Å². The van der Waals surface area contributed by atoms with Gasteiger partial charge in [-0.25, -0.2) is 0 Å². The number of nitrogens with one attached hydrogen (secondary N) is 1. The summed E-state index contributed by atoms with van der Waals surface area (Å²) >= 11 is 0. The highest BCUT2D eigenvalue weighted by atomic mass is 16.3. The summed E-state index contributed by atoms with van der Waals surface area (Å²) in [5.41, 5.74) is 2.56. The highest BCUT2D eigenvalue weighted by Gasteiger charge is 2.13. The molecule has 2 N–H and O–H groups in total. The van der Waals surface area contributed by atoms with E-state index >= 15 is 0 Å². The highest BCUT2D eigenvalue weighted by Crippen LogP contribution is 2.21. The summed E-state index contributed by atoms with van der Waals surface area (Å²) < 4.78 is 0. The van der Waals surface area contributed by atoms with Gasteiger partial charge in [-0.1, -0.05) is 37.3 Å². The molecule has 1 unspecified atom stereocenters. The molecule has 1 aliphatic carbocycles. The van der Waals surface area contributed by atoms with Gasteiger partial charge in [0.1, 0.15) is 0 Å². The summed E-state index contributed by atoms with van der Waals surface area (Å²) in [7, 11) is 0. The van der Waals surface area contributed by atoms with Crippen LogP contribution in [0.3, 0.4) is 0 Å². The van der Waals surface area contributed by atoms with Gasteiger partial charge >= 0.3 is 0 Å². The molecule has 2 heteroatoms. The molecule has 0 fully saturated rings. The average molecular weight is 229 g/mol. The molecule has 17 heavy (non-hydrogen) atoms. The fraction of sp³-hybridized carbons (Fsp3) is 0.333. The Kier molecular flexibility index (Phi) is 3.86. The average Bonchev–Trinajstić information content (AvgIpc) is 2.35. The molecule has 0 bridgehead atoms. The van der Waals surface area contributed by atoms with Gasteiger partial charge in [-0.05, 0) is 30.6 Å². The maximum Gasteiger partial charge on any atom is 0.0955 e. The molecule has 0 spiro atoms. The van der Waals surface area contributed by atoms with Crippen molar-refractivity contribution in [2.75, 3.05) is 6.54 Å². The predicted octanol–water partition coefficient (Wildman–Crippen LogP) is 3.18. The lowest BCUT2D eigenvalue weighted by Crippen LogP contribution is -2.20. The molecular formula is C15H19NO. The lowest BCUT2D eigenvalue weighted by Gasteiger charge is -2.19. The van der Waals surface area contributed by atoms with Gasteiger partial charge in [0.05, 0.1) is 5.76 Å². The van der Waals surface area contributed by atoms with Crippen LogP contribution in [0.2, 0.25) is 0 Å². The third-order valence-corrected chi connectivity index (χ3v) is 3.09. The van der Waals surface area contributed by atoms with Gasteiger partial charge in [0.25, 0.3) is 0 Å². The van der Waals surface area contributed by atoms with Crippen LogP contribution in [-0.4, -0.2) is 11.7 Å². The minimum absolute atomic E-state index is 0.235. The zero-order valence-electron chi connectivity index (χ0n) is 10.2. The van der Waals surface area contributed by atoms with Crippen LogP contribution in [-0.2, 0) is 6.42 Å². The van der Waals surface area contributed by atoms with Crippen molar-refractivity contribution in [1.82, 2.24) is 5.32 Å². The van der Waals surface area contributed by atoms with Gasteiger partial charge in [-0.15, -0.1) is 0 Å². The van der Waals surface area contributed by atoms with E-state index in [-0.39, 0.29) is 5.92 Å². The minimum Gasteiger partial charge on any atom is -0.512 e. The van der Waals surface area contributed by atoms with Gasteiger partial charge < -0.3 is 10.4 Å². The zero-order chi connectivity index (χ0) is 12.1. The van der Waals surface area contributed by atoms with E-state index in [0.717, 1.165) is 19.4 Å². The van der Waals surface area contributed by atoms with Crippen LogP contribution in [0.25, 0.3) is 0 Å². The fourth-order valence-corrected chi connectivity index (χ4v) is 2.00. The van der Waals surface area contributed by atoms with E-state index < -0.39 is 0 Å². The second-order valence-electron chi connectivity index (χ2n) is 4.55. The molecule has 0 saturated heterocycles. The molecule has 0 amide bonds. The Hall–Kier alpha value is -1.70. The van der Waals surface area contributed by atoms with E-state index in [9.17, 15) is 5.11 Å². The molecule has 1 aromatic carbocycles. The van der Waals surface area contributed by atoms with Crippen molar-refractivity contribution in [3.63, 3.8) is 0 Å². The molecule has 0 saturated carbocycles. The van der Waals surface area contributed by atoms with Crippen molar-refractivity contribution in [3.8, 4) is 0 Å². The van der Waals surface area contributed by atoms with E-state index in [1.165, 1.54) is 11.3 Å². The van der Waals surface area contributed by atoms with Crippen molar-refractivity contribution < 1.29 is 5.11 Å². The normalized spacial score (nSPS) is 19.5. The van der Waals surface area contributed by atoms with Crippen LogP contribution in [0.15, 0.2) is 53.9 Å². The quantitative estimate of drug-likeness (QED) is 0.831. The Morgan fingerprint density at radius 1 is 1.24 bits per heavy atom. The molecule has 0 aromatic heterocycles. The number of hydrogen-bond donors (Lipinski definition) is 2. The van der Waals surface area contributed by atoms with Crippen molar-refractivity contribution in [2.45, 2.75) is 19.8 Å². The summed E-state index contributed by atoms with van der Waals surface area (Å²) in [6, 6.07) is 10.5. The van der Waals surface area contributed by atoms with Crippen LogP contribution >= 0.6 is 0 Å². The molecule has 0 radical (unpaired) electrons.